The average molecular weight is 268 g/mol. The average Bonchev–Trinajstić information content (AvgIpc) is 0.722. The Hall–Kier alpha value is -0.0177. The molecule has 0 atom stereocenters. The van der Waals surface area contributed by atoms with Crippen molar-refractivity contribution < 1.29 is 30.0 Å². The van der Waals surface area contributed by atoms with Gasteiger partial charge in [0.25, 0.3) is 0 Å². The maximum absolute atomic E-state index is 8.75. The van der Waals surface area contributed by atoms with Crippen LogP contribution < -0.4 is 6.15 Å². The van der Waals surface area contributed by atoms with Gasteiger partial charge >= 0.3 is 30.0 Å². The van der Waals surface area contributed by atoms with Gasteiger partial charge in [-0.05, 0) is 0 Å². The standard InChI is InChI=1S/H3N.H2O.3O.Re/h1H3;1H2;;;;/q;;;;;+1/p-1. The van der Waals surface area contributed by atoms with Crippen molar-refractivity contribution in [3.63, 3.8) is 0 Å². The third-order valence-corrected chi connectivity index (χ3v) is 0. The van der Waals surface area contributed by atoms with Crippen LogP contribution in [-0.2, 0) is 26.2 Å². The van der Waals surface area contributed by atoms with Gasteiger partial charge in [0.1, 0.15) is 0 Å². The van der Waals surface area contributed by atoms with Gasteiger partial charge in [-0.3, -0.25) is 0 Å². The third kappa shape index (κ3) is 114000. The molecule has 0 radical (unpaired) electrons. The van der Waals surface area contributed by atoms with Crippen LogP contribution in [0.2, 0.25) is 0 Å². The second kappa shape index (κ2) is 2.21. The van der Waals surface area contributed by atoms with E-state index in [2.05, 4.69) is 0 Å². The van der Waals surface area contributed by atoms with Crippen molar-refractivity contribution in [2.75, 3.05) is 0 Å². The van der Waals surface area contributed by atoms with Gasteiger partial charge in [0.15, 0.2) is 0 Å². The summed E-state index contributed by atoms with van der Waals surface area (Å²) in [7, 11) is 0. The fourth-order valence-electron chi connectivity index (χ4n) is 0. The van der Waals surface area contributed by atoms with Gasteiger partial charge in [0.05, 0.1) is 0 Å². The van der Waals surface area contributed by atoms with Gasteiger partial charge in [-0.1, -0.05) is 0 Å². The Balaban J connectivity index is 0. The molecule has 0 fully saturated rings. The summed E-state index contributed by atoms with van der Waals surface area (Å²) in [6.07, 6.45) is 0. The summed E-state index contributed by atoms with van der Waals surface area (Å²) >= 11 is -5.86. The molecule has 0 aliphatic carbocycles. The van der Waals surface area contributed by atoms with E-state index in [1.165, 1.54) is 0 Å². The van der Waals surface area contributed by atoms with E-state index in [0.717, 1.165) is 0 Å². The molecular weight excluding hydrogens is 264 g/mol. The minimum atomic E-state index is -5.86. The predicted molar refractivity (Wildman–Crippen MR) is 9.30 cm³/mol. The van der Waals surface area contributed by atoms with Crippen molar-refractivity contribution in [3.8, 4) is 0 Å². The van der Waals surface area contributed by atoms with Crippen LogP contribution in [0.1, 0.15) is 0 Å². The molecule has 0 heterocycles. The molecule has 0 aliphatic rings. The predicted octanol–water partition coefficient (Wildman–Crippen LogP) is -0.754. The van der Waals surface area contributed by atoms with Crippen LogP contribution in [0.5, 0.6) is 0 Å². The Morgan fingerprint density at radius 3 is 1.17 bits per heavy atom. The SMILES string of the molecule is N.[O]=[Re](=[O])(=[O])[OH]. The molecule has 4 N–H and O–H groups in total. The molecule has 5 nitrogen and oxygen atoms in total. The molecule has 0 rings (SSSR count). The molecule has 0 saturated heterocycles. The number of rotatable bonds is 0. The molecule has 0 unspecified atom stereocenters. The van der Waals surface area contributed by atoms with Crippen molar-refractivity contribution in [3.05, 3.63) is 0 Å². The zero-order valence-corrected chi connectivity index (χ0v) is 5.47. The van der Waals surface area contributed by atoms with Crippen LogP contribution in [0.25, 0.3) is 0 Å². The van der Waals surface area contributed by atoms with Crippen LogP contribution in [-0.4, -0.2) is 3.83 Å². The van der Waals surface area contributed by atoms with E-state index in [1.54, 1.807) is 0 Å². The Morgan fingerprint density at radius 1 is 1.17 bits per heavy atom. The van der Waals surface area contributed by atoms with E-state index in [-0.39, 0.29) is 6.15 Å². The number of hydrogen-bond donors (Lipinski definition) is 2. The van der Waals surface area contributed by atoms with Crippen LogP contribution in [0, 0.1) is 0 Å². The fourth-order valence-corrected chi connectivity index (χ4v) is 0. The molecule has 6 heteroatoms. The second-order valence-electron chi connectivity index (χ2n) is 0.396. The first-order chi connectivity index (χ1) is 2.00. The molecule has 0 spiro atoms. The molecule has 0 aliphatic heterocycles. The Bertz CT molecular complexity index is 129. The van der Waals surface area contributed by atoms with Crippen molar-refractivity contribution in [1.29, 1.82) is 0 Å². The first-order valence-corrected chi connectivity index (χ1v) is 5.17. The zero-order chi connectivity index (χ0) is 4.50. The van der Waals surface area contributed by atoms with E-state index in [4.69, 9.17) is 14.2 Å². The molecule has 40 valence electrons. The van der Waals surface area contributed by atoms with E-state index in [0.29, 0.717) is 0 Å². The second-order valence-corrected chi connectivity index (χ2v) is 3.24. The summed E-state index contributed by atoms with van der Waals surface area (Å²) in [6.45, 7) is 0. The van der Waals surface area contributed by atoms with Crippen LogP contribution in [0.3, 0.4) is 0 Å². The monoisotopic (exact) mass is 269 g/mol. The summed E-state index contributed by atoms with van der Waals surface area (Å²) in [4.78, 5) is 0. The van der Waals surface area contributed by atoms with Crippen molar-refractivity contribution in [1.82, 2.24) is 6.15 Å². The summed E-state index contributed by atoms with van der Waals surface area (Å²) in [5, 5.41) is 0. The van der Waals surface area contributed by atoms with Crippen LogP contribution >= 0.6 is 0 Å². The van der Waals surface area contributed by atoms with Crippen molar-refractivity contribution >= 4 is 0 Å². The van der Waals surface area contributed by atoms with E-state index < -0.39 is 15.8 Å². The molecule has 0 amide bonds. The molecule has 0 saturated carbocycles. The summed E-state index contributed by atoms with van der Waals surface area (Å²) in [5.41, 5.74) is 0. The van der Waals surface area contributed by atoms with Crippen molar-refractivity contribution in [2.24, 2.45) is 0 Å². The first-order valence-electron chi connectivity index (χ1n) is 0.632. The Labute approximate surface area is 36.9 Å². The minimum absolute atomic E-state index is 0. The van der Waals surface area contributed by atoms with Crippen molar-refractivity contribution in [2.45, 2.75) is 0 Å². The zero-order valence-electron chi connectivity index (χ0n) is 2.76. The van der Waals surface area contributed by atoms with Gasteiger partial charge in [0, 0.05) is 0 Å². The third-order valence-electron chi connectivity index (χ3n) is 0. The quantitative estimate of drug-likeness (QED) is 0.601. The summed E-state index contributed by atoms with van der Waals surface area (Å²) in [6, 6.07) is 0. The molecule has 0 aromatic rings. The van der Waals surface area contributed by atoms with E-state index in [1.807, 2.05) is 0 Å². The van der Waals surface area contributed by atoms with Gasteiger partial charge in [-0.25, -0.2) is 0 Å². The molecule has 0 aromatic heterocycles. The van der Waals surface area contributed by atoms with Gasteiger partial charge < -0.3 is 6.15 Å². The summed E-state index contributed by atoms with van der Waals surface area (Å²) in [5.74, 6) is 0. The van der Waals surface area contributed by atoms with Crippen LogP contribution in [0.15, 0.2) is 0 Å². The maximum atomic E-state index is 8.75. The van der Waals surface area contributed by atoms with Gasteiger partial charge in [-0.15, -0.1) is 0 Å². The first kappa shape index (κ1) is 9.36. The topological polar surface area (TPSA) is 106 Å². The normalized spacial score (nSPS) is 9.50. The molecule has 6 heavy (non-hydrogen) atoms. The summed E-state index contributed by atoms with van der Waals surface area (Å²) < 4.78 is 33.3. The Morgan fingerprint density at radius 2 is 1.17 bits per heavy atom. The molecule has 0 aromatic carbocycles. The molecular formula is H4NO4Re. The van der Waals surface area contributed by atoms with E-state index >= 15 is 0 Å². The van der Waals surface area contributed by atoms with E-state index in [9.17, 15) is 0 Å². The fraction of sp³-hybridized carbons (Fsp3) is 0. The van der Waals surface area contributed by atoms with Gasteiger partial charge in [-0.2, -0.15) is 0 Å². The van der Waals surface area contributed by atoms with Gasteiger partial charge in [0.2, 0.25) is 0 Å². The Kier molecular flexibility index (Phi) is 3.45. The molecule has 0 bridgehead atoms. The van der Waals surface area contributed by atoms with Crippen LogP contribution in [0.4, 0.5) is 0 Å². The number of hydrogen-bond acceptors (Lipinski definition) is 4.